The summed E-state index contributed by atoms with van der Waals surface area (Å²) in [7, 11) is 3.52. The van der Waals surface area contributed by atoms with Gasteiger partial charge in [0.2, 0.25) is 0 Å². The van der Waals surface area contributed by atoms with Crippen molar-refractivity contribution in [2.45, 2.75) is 32.2 Å². The Hall–Kier alpha value is -3.09. The minimum absolute atomic E-state index is 0.177. The highest BCUT2D eigenvalue weighted by Crippen LogP contribution is 2.29. The van der Waals surface area contributed by atoms with Crippen molar-refractivity contribution < 1.29 is 14.1 Å². The van der Waals surface area contributed by atoms with Gasteiger partial charge in [0.15, 0.2) is 11.5 Å². The fourth-order valence-corrected chi connectivity index (χ4v) is 3.59. The van der Waals surface area contributed by atoms with Gasteiger partial charge >= 0.3 is 0 Å². The lowest BCUT2D eigenvalue weighted by Crippen LogP contribution is -2.24. The summed E-state index contributed by atoms with van der Waals surface area (Å²) in [5.41, 5.74) is 4.29. The molecule has 1 aromatic carbocycles. The minimum Gasteiger partial charge on any atom is -0.496 e. The lowest BCUT2D eigenvalue weighted by Gasteiger charge is -2.12. The summed E-state index contributed by atoms with van der Waals surface area (Å²) in [6.07, 6.45) is 4.14. The lowest BCUT2D eigenvalue weighted by atomic mass is 9.95. The Morgan fingerprint density at radius 3 is 2.96 bits per heavy atom. The van der Waals surface area contributed by atoms with Crippen LogP contribution in [0, 0.1) is 0 Å². The Kier molecular flexibility index (Phi) is 4.66. The molecule has 2 aromatic heterocycles. The molecule has 0 spiro atoms. The van der Waals surface area contributed by atoms with Gasteiger partial charge in [-0.2, -0.15) is 5.10 Å². The van der Waals surface area contributed by atoms with Crippen molar-refractivity contribution in [2.24, 2.45) is 7.05 Å². The predicted octanol–water partition coefficient (Wildman–Crippen LogP) is 2.89. The summed E-state index contributed by atoms with van der Waals surface area (Å²) < 4.78 is 12.6. The maximum absolute atomic E-state index is 12.6. The van der Waals surface area contributed by atoms with Crippen LogP contribution in [0.25, 0.3) is 11.3 Å². The Labute approximate surface area is 157 Å². The van der Waals surface area contributed by atoms with Crippen molar-refractivity contribution in [3.8, 4) is 17.0 Å². The van der Waals surface area contributed by atoms with Crippen LogP contribution in [-0.2, 0) is 26.4 Å². The van der Waals surface area contributed by atoms with E-state index in [4.69, 9.17) is 9.26 Å². The maximum Gasteiger partial charge on any atom is 0.272 e. The zero-order chi connectivity index (χ0) is 18.8. The average Bonchev–Trinajstić information content (AvgIpc) is 3.31. The lowest BCUT2D eigenvalue weighted by molar-refractivity contribution is 0.0940. The predicted molar refractivity (Wildman–Crippen MR) is 99.5 cm³/mol. The van der Waals surface area contributed by atoms with Gasteiger partial charge in [-0.15, -0.1) is 0 Å². The Bertz CT molecular complexity index is 974. The van der Waals surface area contributed by atoms with Gasteiger partial charge in [0.25, 0.3) is 5.91 Å². The van der Waals surface area contributed by atoms with Crippen LogP contribution in [0.2, 0.25) is 0 Å². The SMILES string of the molecule is COc1ccccc1-c1cc(CNC(=O)c2nn(C)c3c2CCCC3)on1. The average molecular weight is 366 g/mol. The second kappa shape index (κ2) is 7.26. The largest absolute Gasteiger partial charge is 0.496 e. The number of hydrogen-bond donors (Lipinski definition) is 1. The van der Waals surface area contributed by atoms with Crippen LogP contribution in [0.1, 0.15) is 40.3 Å². The molecule has 1 amide bonds. The Balaban J connectivity index is 1.47. The number of aryl methyl sites for hydroxylation is 1. The first-order chi connectivity index (χ1) is 13.2. The topological polar surface area (TPSA) is 82.2 Å². The van der Waals surface area contributed by atoms with Gasteiger partial charge in [0.05, 0.1) is 13.7 Å². The molecule has 2 heterocycles. The first-order valence-corrected chi connectivity index (χ1v) is 9.09. The first-order valence-electron chi connectivity index (χ1n) is 9.09. The van der Waals surface area contributed by atoms with E-state index >= 15 is 0 Å². The number of aromatic nitrogens is 3. The van der Waals surface area contributed by atoms with Crippen molar-refractivity contribution in [2.75, 3.05) is 7.11 Å². The minimum atomic E-state index is -0.177. The molecule has 4 rings (SSSR count). The fraction of sp³-hybridized carbons (Fsp3) is 0.350. The molecule has 0 saturated carbocycles. The standard InChI is InChI=1S/C20H22N4O3/c1-24-17-9-5-3-8-15(17)19(22-24)20(25)21-12-13-11-16(23-27-13)14-7-4-6-10-18(14)26-2/h4,6-7,10-11H,3,5,8-9,12H2,1-2H3,(H,21,25). The molecule has 0 saturated heterocycles. The molecule has 1 aliphatic carbocycles. The second-order valence-electron chi connectivity index (χ2n) is 6.67. The van der Waals surface area contributed by atoms with Gasteiger partial charge in [-0.25, -0.2) is 0 Å². The molecular formula is C20H22N4O3. The first kappa shape index (κ1) is 17.3. The number of rotatable bonds is 5. The van der Waals surface area contributed by atoms with Gasteiger partial charge < -0.3 is 14.6 Å². The van der Waals surface area contributed by atoms with Crippen LogP contribution in [0.5, 0.6) is 5.75 Å². The number of para-hydroxylation sites is 1. The molecule has 0 atom stereocenters. The molecule has 1 N–H and O–H groups in total. The van der Waals surface area contributed by atoms with Crippen molar-refractivity contribution >= 4 is 5.91 Å². The van der Waals surface area contributed by atoms with Gasteiger partial charge in [-0.1, -0.05) is 17.3 Å². The Morgan fingerprint density at radius 2 is 2.11 bits per heavy atom. The van der Waals surface area contributed by atoms with Crippen molar-refractivity contribution in [3.05, 3.63) is 53.0 Å². The number of ether oxygens (including phenoxy) is 1. The monoisotopic (exact) mass is 366 g/mol. The molecule has 0 fully saturated rings. The summed E-state index contributed by atoms with van der Waals surface area (Å²) in [4.78, 5) is 12.6. The van der Waals surface area contributed by atoms with E-state index in [9.17, 15) is 4.79 Å². The number of fused-ring (bicyclic) bond motifs is 1. The summed E-state index contributed by atoms with van der Waals surface area (Å²) in [5, 5.41) is 11.4. The van der Waals surface area contributed by atoms with Crippen molar-refractivity contribution in [3.63, 3.8) is 0 Å². The molecule has 0 unspecified atom stereocenters. The van der Waals surface area contributed by atoms with Crippen LogP contribution < -0.4 is 10.1 Å². The highest BCUT2D eigenvalue weighted by atomic mass is 16.5. The third-order valence-electron chi connectivity index (χ3n) is 4.95. The zero-order valence-electron chi connectivity index (χ0n) is 15.5. The molecule has 0 aliphatic heterocycles. The highest BCUT2D eigenvalue weighted by Gasteiger charge is 2.23. The van der Waals surface area contributed by atoms with Crippen LogP contribution in [0.4, 0.5) is 0 Å². The molecule has 7 nitrogen and oxygen atoms in total. The van der Waals surface area contributed by atoms with E-state index in [2.05, 4.69) is 15.6 Å². The molecular weight excluding hydrogens is 344 g/mol. The molecule has 3 aromatic rings. The van der Waals surface area contributed by atoms with E-state index < -0.39 is 0 Å². The van der Waals surface area contributed by atoms with Crippen molar-refractivity contribution in [1.82, 2.24) is 20.3 Å². The van der Waals surface area contributed by atoms with Crippen LogP contribution >= 0.6 is 0 Å². The molecule has 1 aliphatic rings. The van der Waals surface area contributed by atoms with E-state index in [0.717, 1.165) is 42.6 Å². The summed E-state index contributed by atoms with van der Waals surface area (Å²) in [6, 6.07) is 9.41. The van der Waals surface area contributed by atoms with Crippen molar-refractivity contribution in [1.29, 1.82) is 0 Å². The molecule has 0 bridgehead atoms. The quantitative estimate of drug-likeness (QED) is 0.751. The number of carbonyl (C=O) groups excluding carboxylic acids is 1. The van der Waals surface area contributed by atoms with E-state index in [1.807, 2.05) is 42.1 Å². The molecule has 7 heteroatoms. The number of hydrogen-bond acceptors (Lipinski definition) is 5. The number of methoxy groups -OCH3 is 1. The van der Waals surface area contributed by atoms with Crippen LogP contribution in [0.15, 0.2) is 34.9 Å². The fourth-order valence-electron chi connectivity index (χ4n) is 3.59. The third kappa shape index (κ3) is 3.32. The number of carbonyl (C=O) groups is 1. The normalized spacial score (nSPS) is 13.3. The highest BCUT2D eigenvalue weighted by molar-refractivity contribution is 5.94. The van der Waals surface area contributed by atoms with E-state index in [1.165, 1.54) is 5.69 Å². The number of amides is 1. The van der Waals surface area contributed by atoms with Crippen LogP contribution in [-0.4, -0.2) is 28.0 Å². The second-order valence-corrected chi connectivity index (χ2v) is 6.67. The molecule has 27 heavy (non-hydrogen) atoms. The zero-order valence-corrected chi connectivity index (χ0v) is 15.5. The van der Waals surface area contributed by atoms with E-state index in [-0.39, 0.29) is 12.5 Å². The summed E-state index contributed by atoms with van der Waals surface area (Å²) >= 11 is 0. The van der Waals surface area contributed by atoms with Crippen LogP contribution in [0.3, 0.4) is 0 Å². The van der Waals surface area contributed by atoms with Gasteiger partial charge in [0, 0.05) is 29.9 Å². The van der Waals surface area contributed by atoms with Gasteiger partial charge in [-0.3, -0.25) is 9.48 Å². The summed E-state index contributed by atoms with van der Waals surface area (Å²) in [5.74, 6) is 1.12. The molecule has 140 valence electrons. The van der Waals surface area contributed by atoms with Gasteiger partial charge in [0.1, 0.15) is 11.4 Å². The van der Waals surface area contributed by atoms with Gasteiger partial charge in [-0.05, 0) is 37.8 Å². The number of benzene rings is 1. The maximum atomic E-state index is 12.6. The third-order valence-corrected chi connectivity index (χ3v) is 4.95. The molecule has 0 radical (unpaired) electrons. The van der Waals surface area contributed by atoms with E-state index in [0.29, 0.717) is 17.1 Å². The van der Waals surface area contributed by atoms with E-state index in [1.54, 1.807) is 7.11 Å². The Morgan fingerprint density at radius 1 is 1.30 bits per heavy atom. The number of nitrogens with zero attached hydrogens (tertiary/aromatic N) is 3. The number of nitrogens with one attached hydrogen (secondary N) is 1. The summed E-state index contributed by atoms with van der Waals surface area (Å²) in [6.45, 7) is 0.256. The smallest absolute Gasteiger partial charge is 0.272 e.